The standard InChI is InChI=1S/C54H85N11O15S3/c1-9-31(6)45-54(78)61-39(24-66)51(75)62-40(46(55)70)27-82-25-33-19-34-21-35(20-33)79-15-12-10-11-13-16-80-56-23-42(67)57-32(7)47(71)63-41(28-83-26-34)52(76)58-36(14-17-81-8)48(72)59-37(18-29(2)3)49(73)60-38(22-43(68)69)50(74)64-44(30(4)5)53(77)65-45/h19-21,23,29-32,36-41,44-45,66H,9-18,22,24-28H2,1-8H3,(H2,55,70)(H,57,67)(H,58,76)(H,59,72)(H,60,73)(H,61,78)(H,62,75)(H,63,71)(H,64,74)(H,65,77)(H,68,69)/b56-23+/t31-,32-,36-,37-,38-,39-,40-,41-,44?,45-/m0/s1. The van der Waals surface area contributed by atoms with E-state index in [1.54, 1.807) is 47.8 Å². The Hall–Kier alpha value is -6.33. The zero-order valence-electron chi connectivity index (χ0n) is 48.5. The largest absolute Gasteiger partial charge is 0.494 e. The molecule has 2 aliphatic heterocycles. The van der Waals surface area contributed by atoms with Crippen LogP contribution in [0.4, 0.5) is 0 Å². The number of fused-ring (bicyclic) bond motifs is 5. The number of ether oxygens (including phenoxy) is 1. The summed E-state index contributed by atoms with van der Waals surface area (Å²) in [5.41, 5.74) is 7.25. The average molecular weight is 1220 g/mol. The molecule has 2 heterocycles. The molecule has 0 aromatic heterocycles. The monoisotopic (exact) mass is 1220 g/mol. The number of nitrogens with one attached hydrogen (secondary N) is 9. The fourth-order valence-electron chi connectivity index (χ4n) is 8.38. The fraction of sp³-hybridized carbons (Fsp3) is 0.667. The third-order valence-corrected chi connectivity index (χ3v) is 16.1. The number of oxime groups is 1. The number of aliphatic hydroxyl groups is 1. The Labute approximate surface area is 497 Å². The quantitative estimate of drug-likeness (QED) is 0.131. The Kier molecular flexibility index (Phi) is 31.7. The van der Waals surface area contributed by atoms with Gasteiger partial charge in [0.2, 0.25) is 53.2 Å². The molecule has 3 rings (SSSR count). The maximum atomic E-state index is 14.5. The maximum absolute atomic E-state index is 14.5. The van der Waals surface area contributed by atoms with E-state index >= 15 is 0 Å². The summed E-state index contributed by atoms with van der Waals surface area (Å²) in [7, 11) is 0. The molecule has 26 nitrogen and oxygen atoms in total. The maximum Gasteiger partial charge on any atom is 0.305 e. The van der Waals surface area contributed by atoms with Crippen molar-refractivity contribution in [1.29, 1.82) is 0 Å². The van der Waals surface area contributed by atoms with Crippen LogP contribution in [-0.4, -0.2) is 179 Å². The Bertz CT molecular complexity index is 2420. The molecule has 1 aromatic carbocycles. The summed E-state index contributed by atoms with van der Waals surface area (Å²) >= 11 is 3.85. The first-order valence-electron chi connectivity index (χ1n) is 27.8. The van der Waals surface area contributed by atoms with Crippen molar-refractivity contribution >= 4 is 107 Å². The second-order valence-corrected chi connectivity index (χ2v) is 24.2. The van der Waals surface area contributed by atoms with E-state index in [1.165, 1.54) is 42.2 Å². The molecule has 10 atom stereocenters. The summed E-state index contributed by atoms with van der Waals surface area (Å²) in [6.45, 7) is 11.1. The number of carboxylic acids is 1. The lowest BCUT2D eigenvalue weighted by Crippen LogP contribution is -2.62. The second kappa shape index (κ2) is 37.1. The van der Waals surface area contributed by atoms with Crippen LogP contribution < -0.4 is 58.3 Å². The van der Waals surface area contributed by atoms with Crippen LogP contribution in [0.3, 0.4) is 0 Å². The molecule has 10 amide bonds. The molecule has 0 radical (unpaired) electrons. The van der Waals surface area contributed by atoms with Crippen molar-refractivity contribution in [3.05, 3.63) is 29.3 Å². The number of benzene rings is 1. The van der Waals surface area contributed by atoms with E-state index in [-0.39, 0.29) is 48.4 Å². The first-order chi connectivity index (χ1) is 39.4. The SMILES string of the molecule is CC[C@H](C)[C@@H]1NC(=O)C(C(C)C)NC(=O)[C@H](CC(=O)O)NC(=O)[C@H](CC(C)C)NC(=O)[C@H](CCSC)NC(=O)[C@@H]2CSCc3cc(cc(c3)OCCCCCCO/N=C/C(=O)N[C@@H](C)C(=O)N2)CSC[C@@H](C(N)=O)NC(=O)[C@H](CO)NC1=O. The molecule has 1 aromatic rings. The zero-order chi connectivity index (χ0) is 61.8. The van der Waals surface area contributed by atoms with Gasteiger partial charge in [0.25, 0.3) is 5.91 Å². The molecule has 0 fully saturated rings. The van der Waals surface area contributed by atoms with E-state index < -0.39 is 144 Å². The van der Waals surface area contributed by atoms with Gasteiger partial charge in [0.1, 0.15) is 72.9 Å². The normalized spacial score (nSPS) is 26.3. The van der Waals surface area contributed by atoms with E-state index in [2.05, 4.69) is 53.0 Å². The minimum Gasteiger partial charge on any atom is -0.494 e. The van der Waals surface area contributed by atoms with Crippen LogP contribution in [0.2, 0.25) is 0 Å². The second-order valence-electron chi connectivity index (χ2n) is 21.1. The molecular formula is C54H85N11O15S3. The minimum absolute atomic E-state index is 0.0226. The predicted molar refractivity (Wildman–Crippen MR) is 316 cm³/mol. The van der Waals surface area contributed by atoms with Crippen molar-refractivity contribution < 1.29 is 72.5 Å². The van der Waals surface area contributed by atoms with E-state index in [9.17, 15) is 63.0 Å². The summed E-state index contributed by atoms with van der Waals surface area (Å²) in [5, 5.41) is 47.1. The first-order valence-corrected chi connectivity index (χ1v) is 31.5. The highest BCUT2D eigenvalue weighted by atomic mass is 32.2. The molecule has 0 spiro atoms. The van der Waals surface area contributed by atoms with E-state index in [4.69, 9.17) is 15.3 Å². The lowest BCUT2D eigenvalue weighted by atomic mass is 9.96. The number of thioether (sulfide) groups is 3. The van der Waals surface area contributed by atoms with Crippen LogP contribution >= 0.6 is 35.3 Å². The van der Waals surface area contributed by atoms with Crippen molar-refractivity contribution in [3.8, 4) is 5.75 Å². The molecule has 2 aliphatic rings. The molecule has 0 saturated carbocycles. The average Bonchev–Trinajstić information content (AvgIpc) is 3.60. The van der Waals surface area contributed by atoms with Gasteiger partial charge in [-0.15, -0.1) is 0 Å². The summed E-state index contributed by atoms with van der Waals surface area (Å²) in [4.78, 5) is 156. The number of aliphatic hydroxyl groups excluding tert-OH is 1. The van der Waals surface area contributed by atoms with Gasteiger partial charge in [-0.3, -0.25) is 52.7 Å². The smallest absolute Gasteiger partial charge is 0.305 e. The highest BCUT2D eigenvalue weighted by Crippen LogP contribution is 2.26. The Morgan fingerprint density at radius 2 is 1.25 bits per heavy atom. The van der Waals surface area contributed by atoms with Crippen LogP contribution in [0.15, 0.2) is 23.4 Å². The number of carbonyl (C=O) groups excluding carboxylic acids is 10. The number of hydrogen-bond donors (Lipinski definition) is 12. The van der Waals surface area contributed by atoms with Gasteiger partial charge in [0, 0.05) is 23.0 Å². The van der Waals surface area contributed by atoms with Crippen LogP contribution in [0.25, 0.3) is 0 Å². The number of rotatable bonds is 12. The number of nitrogens with zero attached hydrogens (tertiary/aromatic N) is 1. The number of carbonyl (C=O) groups is 11. The van der Waals surface area contributed by atoms with E-state index in [0.717, 1.165) is 30.2 Å². The van der Waals surface area contributed by atoms with Gasteiger partial charge in [0.15, 0.2) is 0 Å². The molecule has 464 valence electrons. The Balaban J connectivity index is 2.20. The van der Waals surface area contributed by atoms with E-state index in [1.807, 2.05) is 18.2 Å². The van der Waals surface area contributed by atoms with Gasteiger partial charge in [-0.2, -0.15) is 35.3 Å². The third kappa shape index (κ3) is 25.6. The highest BCUT2D eigenvalue weighted by molar-refractivity contribution is 7.99. The van der Waals surface area contributed by atoms with Crippen molar-refractivity contribution in [2.75, 3.05) is 43.3 Å². The number of carboxylic acid groups (broad SMARTS) is 1. The van der Waals surface area contributed by atoms with Gasteiger partial charge in [0.05, 0.1) is 19.6 Å². The lowest BCUT2D eigenvalue weighted by Gasteiger charge is -2.30. The van der Waals surface area contributed by atoms with Gasteiger partial charge < -0.3 is 73.4 Å². The molecule has 29 heteroatoms. The number of nitrogens with two attached hydrogens (primary N) is 1. The topological polar surface area (TPSA) is 393 Å². The summed E-state index contributed by atoms with van der Waals surface area (Å²) in [5.74, 6) is -10.6. The number of amides is 10. The van der Waals surface area contributed by atoms with Crippen LogP contribution in [0, 0.1) is 17.8 Å². The lowest BCUT2D eigenvalue weighted by molar-refractivity contribution is -0.142. The summed E-state index contributed by atoms with van der Waals surface area (Å²) in [6, 6.07) is -7.20. The van der Waals surface area contributed by atoms with Crippen molar-refractivity contribution in [2.45, 2.75) is 166 Å². The van der Waals surface area contributed by atoms with Gasteiger partial charge in [-0.25, -0.2) is 0 Å². The third-order valence-electron chi connectivity index (χ3n) is 13.3. The van der Waals surface area contributed by atoms with Gasteiger partial charge >= 0.3 is 5.97 Å². The van der Waals surface area contributed by atoms with Gasteiger partial charge in [-0.1, -0.05) is 59.2 Å². The number of primary amides is 1. The minimum atomic E-state index is -1.81. The number of aliphatic carboxylic acids is 1. The first kappa shape index (κ1) is 70.9. The van der Waals surface area contributed by atoms with Crippen LogP contribution in [-0.2, 0) is 69.1 Å². The molecule has 4 bridgehead atoms. The van der Waals surface area contributed by atoms with Crippen molar-refractivity contribution in [3.63, 3.8) is 0 Å². The highest BCUT2D eigenvalue weighted by Gasteiger charge is 2.37. The van der Waals surface area contributed by atoms with Crippen molar-refractivity contribution in [2.24, 2.45) is 28.6 Å². The Morgan fingerprint density at radius 1 is 0.687 bits per heavy atom. The Morgan fingerprint density at radius 3 is 1.86 bits per heavy atom. The molecular weight excluding hydrogens is 1140 g/mol. The van der Waals surface area contributed by atoms with Gasteiger partial charge in [-0.05, 0) is 98.5 Å². The van der Waals surface area contributed by atoms with Crippen LogP contribution in [0.1, 0.15) is 111 Å². The molecule has 13 N–H and O–H groups in total. The summed E-state index contributed by atoms with van der Waals surface area (Å²) in [6.07, 6.45) is 4.95. The van der Waals surface area contributed by atoms with E-state index in [0.29, 0.717) is 37.4 Å². The molecule has 1 unspecified atom stereocenters. The zero-order valence-corrected chi connectivity index (χ0v) is 51.0. The molecule has 0 saturated heterocycles. The van der Waals surface area contributed by atoms with Crippen molar-refractivity contribution in [1.82, 2.24) is 47.9 Å². The predicted octanol–water partition coefficient (Wildman–Crippen LogP) is -0.0415. The number of hydrogen-bond acceptors (Lipinski definition) is 18. The van der Waals surface area contributed by atoms with Crippen LogP contribution in [0.5, 0.6) is 5.75 Å². The fourth-order valence-corrected chi connectivity index (χ4v) is 10.8. The molecule has 83 heavy (non-hydrogen) atoms. The summed E-state index contributed by atoms with van der Waals surface area (Å²) < 4.78 is 6.21. The molecule has 0 aliphatic carbocycles.